The minimum absolute atomic E-state index is 0.127. The van der Waals surface area contributed by atoms with Crippen molar-refractivity contribution in [3.63, 3.8) is 0 Å². The summed E-state index contributed by atoms with van der Waals surface area (Å²) < 4.78 is 4.94. The highest BCUT2D eigenvalue weighted by molar-refractivity contribution is 5.86. The van der Waals surface area contributed by atoms with Gasteiger partial charge in [-0.3, -0.25) is 4.79 Å². The van der Waals surface area contributed by atoms with Gasteiger partial charge in [-0.05, 0) is 19.4 Å². The van der Waals surface area contributed by atoms with Crippen molar-refractivity contribution in [3.05, 3.63) is 35.4 Å². The molecule has 0 aliphatic carbocycles. The minimum Gasteiger partial charge on any atom is -0.468 e. The molecule has 1 aliphatic heterocycles. The molecule has 1 aliphatic rings. The average molecular weight is 219 g/mol. The van der Waals surface area contributed by atoms with Crippen molar-refractivity contribution in [3.8, 4) is 0 Å². The van der Waals surface area contributed by atoms with Gasteiger partial charge in [-0.25, -0.2) is 0 Å². The molecule has 1 heterocycles. The lowest BCUT2D eigenvalue weighted by Crippen LogP contribution is -2.68. The predicted octanol–water partition coefficient (Wildman–Crippen LogP) is 1.40. The van der Waals surface area contributed by atoms with Gasteiger partial charge in [0.05, 0.1) is 7.11 Å². The molecule has 86 valence electrons. The Balaban J connectivity index is 2.45. The first-order valence-corrected chi connectivity index (χ1v) is 5.50. The van der Waals surface area contributed by atoms with Crippen LogP contribution in [0.25, 0.3) is 0 Å². The Bertz CT molecular complexity index is 416. The molecule has 1 saturated heterocycles. The molecule has 2 unspecified atom stereocenters. The van der Waals surface area contributed by atoms with Crippen LogP contribution in [0.2, 0.25) is 0 Å². The van der Waals surface area contributed by atoms with Crippen LogP contribution in [0.3, 0.4) is 0 Å². The Morgan fingerprint density at radius 2 is 2.31 bits per heavy atom. The van der Waals surface area contributed by atoms with E-state index in [9.17, 15) is 4.79 Å². The average Bonchev–Trinajstić information content (AvgIpc) is 2.27. The smallest absolute Gasteiger partial charge is 0.319 e. The van der Waals surface area contributed by atoms with Crippen molar-refractivity contribution < 1.29 is 9.53 Å². The number of carbonyl (C=O) groups excluding carboxylic acids is 1. The lowest BCUT2D eigenvalue weighted by atomic mass is 9.69. The molecule has 16 heavy (non-hydrogen) atoms. The number of methoxy groups -OCH3 is 1. The summed E-state index contributed by atoms with van der Waals surface area (Å²) >= 11 is 0. The van der Waals surface area contributed by atoms with Crippen molar-refractivity contribution >= 4 is 5.97 Å². The standard InChI is InChI=1S/C13H17NO2/c1-9-5-4-6-11(7-9)13(12(15)16-3)8-14-10(13)2/h4-7,10,14H,8H2,1-3H3. The summed E-state index contributed by atoms with van der Waals surface area (Å²) in [7, 11) is 1.45. The summed E-state index contributed by atoms with van der Waals surface area (Å²) in [6, 6.07) is 8.21. The first-order valence-electron chi connectivity index (χ1n) is 5.50. The molecule has 3 nitrogen and oxygen atoms in total. The fourth-order valence-corrected chi connectivity index (χ4v) is 2.33. The number of hydrogen-bond donors (Lipinski definition) is 1. The molecule has 1 fully saturated rings. The van der Waals surface area contributed by atoms with Crippen LogP contribution in [-0.4, -0.2) is 25.7 Å². The maximum Gasteiger partial charge on any atom is 0.319 e. The van der Waals surface area contributed by atoms with E-state index in [0.717, 1.165) is 5.56 Å². The summed E-state index contributed by atoms with van der Waals surface area (Å²) in [6.45, 7) is 4.71. The highest BCUT2D eigenvalue weighted by Gasteiger charge is 2.52. The second-order valence-corrected chi connectivity index (χ2v) is 4.44. The largest absolute Gasteiger partial charge is 0.468 e. The van der Waals surface area contributed by atoms with Crippen molar-refractivity contribution in [2.24, 2.45) is 0 Å². The Hall–Kier alpha value is -1.35. The molecule has 1 N–H and O–H groups in total. The van der Waals surface area contributed by atoms with Crippen molar-refractivity contribution in [2.75, 3.05) is 13.7 Å². The summed E-state index contributed by atoms with van der Waals surface area (Å²) in [6.07, 6.45) is 0. The van der Waals surface area contributed by atoms with Crippen LogP contribution in [0.1, 0.15) is 18.1 Å². The molecule has 1 aromatic carbocycles. The normalized spacial score (nSPS) is 28.3. The van der Waals surface area contributed by atoms with E-state index in [1.165, 1.54) is 12.7 Å². The molecular formula is C13H17NO2. The molecule has 3 heteroatoms. The number of rotatable bonds is 2. The van der Waals surface area contributed by atoms with Crippen molar-refractivity contribution in [2.45, 2.75) is 25.3 Å². The molecule has 0 spiro atoms. The molecular weight excluding hydrogens is 202 g/mol. The fraction of sp³-hybridized carbons (Fsp3) is 0.462. The van der Waals surface area contributed by atoms with Gasteiger partial charge in [0.15, 0.2) is 0 Å². The van der Waals surface area contributed by atoms with Crippen LogP contribution >= 0.6 is 0 Å². The summed E-state index contributed by atoms with van der Waals surface area (Å²) in [4.78, 5) is 12.0. The Morgan fingerprint density at radius 3 is 2.75 bits per heavy atom. The zero-order valence-electron chi connectivity index (χ0n) is 9.91. The SMILES string of the molecule is COC(=O)C1(c2cccc(C)c2)CNC1C. The van der Waals surface area contributed by atoms with E-state index >= 15 is 0 Å². The summed E-state index contributed by atoms with van der Waals surface area (Å²) in [5.74, 6) is -0.149. The minimum atomic E-state index is -0.499. The number of benzene rings is 1. The van der Waals surface area contributed by atoms with E-state index in [2.05, 4.69) is 11.4 Å². The zero-order chi connectivity index (χ0) is 11.8. The third-order valence-electron chi connectivity index (χ3n) is 3.51. The van der Waals surface area contributed by atoms with Crippen molar-refractivity contribution in [1.29, 1.82) is 0 Å². The van der Waals surface area contributed by atoms with E-state index in [-0.39, 0.29) is 12.0 Å². The van der Waals surface area contributed by atoms with Crippen molar-refractivity contribution in [1.82, 2.24) is 5.32 Å². The van der Waals surface area contributed by atoms with Gasteiger partial charge in [0.25, 0.3) is 0 Å². The zero-order valence-corrected chi connectivity index (χ0v) is 9.91. The first kappa shape index (κ1) is 11.1. The Morgan fingerprint density at radius 1 is 1.56 bits per heavy atom. The molecule has 0 radical (unpaired) electrons. The third-order valence-corrected chi connectivity index (χ3v) is 3.51. The summed E-state index contributed by atoms with van der Waals surface area (Å²) in [5, 5.41) is 3.23. The quantitative estimate of drug-likeness (QED) is 0.764. The maximum absolute atomic E-state index is 12.0. The van der Waals surface area contributed by atoms with Crippen LogP contribution in [0, 0.1) is 6.92 Å². The van der Waals surface area contributed by atoms with Gasteiger partial charge in [-0.2, -0.15) is 0 Å². The molecule has 0 aromatic heterocycles. The molecule has 0 bridgehead atoms. The van der Waals surface area contributed by atoms with Crippen LogP contribution in [0.5, 0.6) is 0 Å². The van der Waals surface area contributed by atoms with Gasteiger partial charge in [0.2, 0.25) is 0 Å². The number of aryl methyl sites for hydroxylation is 1. The monoisotopic (exact) mass is 219 g/mol. The lowest BCUT2D eigenvalue weighted by molar-refractivity contribution is -0.152. The van der Waals surface area contributed by atoms with E-state index < -0.39 is 5.41 Å². The number of nitrogens with one attached hydrogen (secondary N) is 1. The number of hydrogen-bond acceptors (Lipinski definition) is 3. The molecule has 0 saturated carbocycles. The molecule has 0 amide bonds. The van der Waals surface area contributed by atoms with Gasteiger partial charge < -0.3 is 10.1 Å². The van der Waals surface area contributed by atoms with Crippen LogP contribution < -0.4 is 5.32 Å². The second kappa shape index (κ2) is 3.91. The Labute approximate surface area is 95.8 Å². The third kappa shape index (κ3) is 1.43. The van der Waals surface area contributed by atoms with E-state index in [1.54, 1.807) is 0 Å². The maximum atomic E-state index is 12.0. The molecule has 2 atom stereocenters. The Kier molecular flexibility index (Phi) is 2.72. The fourth-order valence-electron chi connectivity index (χ4n) is 2.33. The van der Waals surface area contributed by atoms with E-state index in [1.807, 2.05) is 32.0 Å². The van der Waals surface area contributed by atoms with Gasteiger partial charge in [-0.15, -0.1) is 0 Å². The van der Waals surface area contributed by atoms with Crippen LogP contribution in [0.15, 0.2) is 24.3 Å². The van der Waals surface area contributed by atoms with Gasteiger partial charge >= 0.3 is 5.97 Å². The lowest BCUT2D eigenvalue weighted by Gasteiger charge is -2.46. The highest BCUT2D eigenvalue weighted by Crippen LogP contribution is 2.35. The van der Waals surface area contributed by atoms with E-state index in [4.69, 9.17) is 4.74 Å². The number of ether oxygens (including phenoxy) is 1. The molecule has 1 aromatic rings. The summed E-state index contributed by atoms with van der Waals surface area (Å²) in [5.41, 5.74) is 1.71. The van der Waals surface area contributed by atoms with Gasteiger partial charge in [0.1, 0.15) is 5.41 Å². The second-order valence-electron chi connectivity index (χ2n) is 4.44. The predicted molar refractivity (Wildman–Crippen MR) is 62.3 cm³/mol. The van der Waals surface area contributed by atoms with Crippen LogP contribution in [-0.2, 0) is 14.9 Å². The number of carbonyl (C=O) groups is 1. The molecule has 2 rings (SSSR count). The first-order chi connectivity index (χ1) is 7.61. The van der Waals surface area contributed by atoms with E-state index in [0.29, 0.717) is 6.54 Å². The van der Waals surface area contributed by atoms with Gasteiger partial charge in [0, 0.05) is 12.6 Å². The van der Waals surface area contributed by atoms with Gasteiger partial charge in [-0.1, -0.05) is 29.8 Å². The number of esters is 1. The van der Waals surface area contributed by atoms with Crippen LogP contribution in [0.4, 0.5) is 0 Å². The topological polar surface area (TPSA) is 38.3 Å². The highest BCUT2D eigenvalue weighted by atomic mass is 16.5.